The fourth-order valence-corrected chi connectivity index (χ4v) is 8.48. The van der Waals surface area contributed by atoms with Crippen LogP contribution in [0.5, 0.6) is 0 Å². The van der Waals surface area contributed by atoms with Crippen LogP contribution in [-0.2, 0) is 19.2 Å². The van der Waals surface area contributed by atoms with Gasteiger partial charge in [0.2, 0.25) is 0 Å². The second-order valence-electron chi connectivity index (χ2n) is 9.39. The molecule has 0 saturated heterocycles. The monoisotopic (exact) mass is 582 g/mol. The fourth-order valence-electron chi connectivity index (χ4n) is 5.43. The molecule has 2 unspecified atom stereocenters. The normalized spacial score (nSPS) is 17.0. The summed E-state index contributed by atoms with van der Waals surface area (Å²) >= 11 is -0.675. The Balaban J connectivity index is 0.00000138. The number of rotatable bonds is 4. The average molecular weight is 583 g/mol. The van der Waals surface area contributed by atoms with Gasteiger partial charge in [0, 0.05) is 0 Å². The van der Waals surface area contributed by atoms with E-state index < -0.39 is 19.2 Å². The molecular formula is C30H20Cl2N6Ti. The minimum absolute atomic E-state index is 0. The number of benzene rings is 4. The molecule has 6 nitrogen and oxygen atoms in total. The Morgan fingerprint density at radius 2 is 0.795 bits per heavy atom. The quantitative estimate of drug-likeness (QED) is 0.276. The number of allylic oxidation sites excluding steroid dienone is 2. The minimum atomic E-state index is -0.675. The van der Waals surface area contributed by atoms with E-state index in [9.17, 15) is 0 Å². The molecule has 0 amide bonds. The van der Waals surface area contributed by atoms with E-state index in [2.05, 4.69) is 60.7 Å². The first kappa shape index (κ1) is 25.7. The smallest absolute Gasteiger partial charge is 1.00 e. The molecular weight excluding hydrogens is 563 g/mol. The van der Waals surface area contributed by atoms with Crippen LogP contribution in [0.25, 0.3) is 45.6 Å². The molecule has 2 aliphatic rings. The molecule has 8 rings (SSSR count). The maximum absolute atomic E-state index is 4.87. The molecule has 2 heterocycles. The van der Waals surface area contributed by atoms with Crippen molar-refractivity contribution in [1.82, 2.24) is 30.0 Å². The first-order valence-corrected chi connectivity index (χ1v) is 14.1. The number of hydrogen-bond donors (Lipinski definition) is 0. The van der Waals surface area contributed by atoms with Gasteiger partial charge in [-0.3, -0.25) is 0 Å². The largest absolute Gasteiger partial charge is 1.00 e. The van der Waals surface area contributed by atoms with Gasteiger partial charge in [-0.05, 0) is 0 Å². The molecule has 9 heteroatoms. The number of nitrogens with zero attached hydrogens (tertiary/aromatic N) is 6. The van der Waals surface area contributed by atoms with E-state index in [4.69, 9.17) is 20.4 Å². The molecule has 0 bridgehead atoms. The van der Waals surface area contributed by atoms with Crippen molar-refractivity contribution in [3.05, 3.63) is 119 Å². The molecule has 0 saturated carbocycles. The standard InChI is InChI=1S/2C15H10N3.2ClH.Ti/c2*1-2-6-12-10-13(9-11(12)5-1)18-16-14-7-3-4-8-15(14)17-18;;;/h2*1-10H;2*1H;/q;;;;+2/p-2. The topological polar surface area (TPSA) is 61.4 Å². The Labute approximate surface area is 246 Å². The Kier molecular flexibility index (Phi) is 6.73. The maximum atomic E-state index is 4.87. The predicted octanol–water partition coefficient (Wildman–Crippen LogP) is 0.0723. The summed E-state index contributed by atoms with van der Waals surface area (Å²) in [6.45, 7) is 0. The zero-order chi connectivity index (χ0) is 24.3. The van der Waals surface area contributed by atoms with Crippen molar-refractivity contribution in [3.8, 4) is 0 Å². The number of halogens is 2. The van der Waals surface area contributed by atoms with Crippen molar-refractivity contribution in [2.75, 3.05) is 0 Å². The van der Waals surface area contributed by atoms with Gasteiger partial charge in [-0.15, -0.1) is 0 Å². The van der Waals surface area contributed by atoms with Crippen molar-refractivity contribution in [2.45, 2.75) is 8.45 Å². The zero-order valence-corrected chi connectivity index (χ0v) is 23.6. The molecule has 0 aliphatic heterocycles. The van der Waals surface area contributed by atoms with E-state index in [0.29, 0.717) is 0 Å². The summed E-state index contributed by atoms with van der Waals surface area (Å²) in [6, 6.07) is 33.6. The van der Waals surface area contributed by atoms with E-state index in [0.717, 1.165) is 33.5 Å². The third-order valence-corrected chi connectivity index (χ3v) is 10.1. The third kappa shape index (κ3) is 4.25. The minimum Gasteiger partial charge on any atom is -1.00 e. The van der Waals surface area contributed by atoms with Crippen LogP contribution in [0.4, 0.5) is 0 Å². The summed E-state index contributed by atoms with van der Waals surface area (Å²) in [5, 5.41) is 19.5. The van der Waals surface area contributed by atoms with Gasteiger partial charge in [0.15, 0.2) is 0 Å². The summed E-state index contributed by atoms with van der Waals surface area (Å²) < 4.78 is 0.505. The van der Waals surface area contributed by atoms with Gasteiger partial charge in [0.1, 0.15) is 0 Å². The predicted molar refractivity (Wildman–Crippen MR) is 142 cm³/mol. The second-order valence-corrected chi connectivity index (χ2v) is 11.7. The molecule has 0 fully saturated rings. The van der Waals surface area contributed by atoms with Crippen molar-refractivity contribution in [3.63, 3.8) is 0 Å². The van der Waals surface area contributed by atoms with Crippen LogP contribution in [0.1, 0.15) is 30.7 Å². The summed E-state index contributed by atoms with van der Waals surface area (Å²) in [5.41, 5.74) is 11.2. The van der Waals surface area contributed by atoms with Crippen LogP contribution in [0.3, 0.4) is 0 Å². The van der Waals surface area contributed by atoms with Gasteiger partial charge in [-0.25, -0.2) is 0 Å². The molecule has 2 aromatic heterocycles. The van der Waals surface area contributed by atoms with E-state index in [1.165, 1.54) is 22.3 Å². The number of fused-ring (bicyclic) bond motifs is 4. The number of aromatic nitrogens is 6. The van der Waals surface area contributed by atoms with Gasteiger partial charge >= 0.3 is 223 Å². The molecule has 2 aliphatic carbocycles. The van der Waals surface area contributed by atoms with Crippen LogP contribution in [-0.4, -0.2) is 30.0 Å². The molecule has 0 N–H and O–H groups in total. The van der Waals surface area contributed by atoms with Crippen molar-refractivity contribution < 1.29 is 44.0 Å². The van der Waals surface area contributed by atoms with Crippen LogP contribution in [0.2, 0.25) is 0 Å². The second kappa shape index (κ2) is 10.2. The van der Waals surface area contributed by atoms with E-state index >= 15 is 0 Å². The first-order chi connectivity index (χ1) is 18.3. The zero-order valence-electron chi connectivity index (χ0n) is 20.5. The molecule has 0 radical (unpaired) electrons. The summed E-state index contributed by atoms with van der Waals surface area (Å²) in [6.07, 6.45) is 4.54. The Morgan fingerprint density at radius 1 is 0.462 bits per heavy atom. The Morgan fingerprint density at radius 3 is 1.18 bits per heavy atom. The summed E-state index contributed by atoms with van der Waals surface area (Å²) in [7, 11) is 0. The molecule has 2 atom stereocenters. The van der Waals surface area contributed by atoms with Gasteiger partial charge in [0.05, 0.1) is 0 Å². The van der Waals surface area contributed by atoms with Crippen LogP contribution >= 0.6 is 0 Å². The summed E-state index contributed by atoms with van der Waals surface area (Å²) in [4.78, 5) is 3.73. The fraction of sp³-hybridized carbons (Fsp3) is 0.0667. The van der Waals surface area contributed by atoms with Crippen molar-refractivity contribution >= 4 is 45.6 Å². The molecule has 39 heavy (non-hydrogen) atoms. The molecule has 6 aromatic rings. The van der Waals surface area contributed by atoms with Crippen LogP contribution in [0, 0.1) is 0 Å². The van der Waals surface area contributed by atoms with Gasteiger partial charge in [-0.2, -0.15) is 0 Å². The van der Waals surface area contributed by atoms with Crippen LogP contribution < -0.4 is 24.8 Å². The molecule has 0 spiro atoms. The maximum Gasteiger partial charge on any atom is -1.00 e. The summed E-state index contributed by atoms with van der Waals surface area (Å²) in [5.74, 6) is 0. The molecule has 188 valence electrons. The van der Waals surface area contributed by atoms with Crippen LogP contribution in [0.15, 0.2) is 97.1 Å². The van der Waals surface area contributed by atoms with Gasteiger partial charge in [-0.1, -0.05) is 0 Å². The Bertz CT molecular complexity index is 1700. The van der Waals surface area contributed by atoms with E-state index in [1.54, 1.807) is 0 Å². The van der Waals surface area contributed by atoms with Crippen molar-refractivity contribution in [2.24, 2.45) is 0 Å². The first-order valence-electron chi connectivity index (χ1n) is 12.3. The molecule has 4 aromatic carbocycles. The van der Waals surface area contributed by atoms with Crippen molar-refractivity contribution in [1.29, 1.82) is 0 Å². The number of hydrogen-bond acceptors (Lipinski definition) is 4. The Hall–Kier alpha value is -3.55. The van der Waals surface area contributed by atoms with E-state index in [1.807, 2.05) is 58.1 Å². The SMILES string of the molecule is C1=C(n2nc3ccccc3n2)[CH]([Ti+2][CH]2C(n3nc4ccccc4n3)=Cc3ccccc32)c2ccccc21.[Cl-].[Cl-]. The van der Waals surface area contributed by atoms with Gasteiger partial charge in [0.25, 0.3) is 0 Å². The third-order valence-electron chi connectivity index (χ3n) is 7.18. The van der Waals surface area contributed by atoms with Gasteiger partial charge < -0.3 is 24.8 Å². The average Bonchev–Trinajstić information content (AvgIpc) is 3.71. The van der Waals surface area contributed by atoms with E-state index in [-0.39, 0.29) is 33.3 Å².